The molecule has 8 heteroatoms. The summed E-state index contributed by atoms with van der Waals surface area (Å²) in [5.41, 5.74) is 0. The van der Waals surface area contributed by atoms with E-state index in [4.69, 9.17) is 14.0 Å². The van der Waals surface area contributed by atoms with Crippen LogP contribution in [0.2, 0.25) is 0 Å². The Labute approximate surface area is 130 Å². The zero-order chi connectivity index (χ0) is 16.1. The first-order chi connectivity index (χ1) is 10.5. The largest absolute Gasteiger partial charge is 0.380 e. The predicted molar refractivity (Wildman–Crippen MR) is 78.2 cm³/mol. The van der Waals surface area contributed by atoms with Crippen LogP contribution >= 0.6 is 0 Å². The third-order valence-electron chi connectivity index (χ3n) is 3.91. The van der Waals surface area contributed by atoms with E-state index >= 15 is 0 Å². The van der Waals surface area contributed by atoms with Crippen LogP contribution in [0.5, 0.6) is 0 Å². The van der Waals surface area contributed by atoms with Crippen molar-refractivity contribution >= 4 is 5.91 Å². The van der Waals surface area contributed by atoms with Crippen LogP contribution in [0.3, 0.4) is 0 Å². The predicted octanol–water partition coefficient (Wildman–Crippen LogP) is 0.0721. The minimum atomic E-state index is -0.0643. The number of rotatable bonds is 7. The quantitative estimate of drug-likeness (QED) is 0.705. The highest BCUT2D eigenvalue weighted by atomic mass is 16.5. The van der Waals surface area contributed by atoms with Crippen LogP contribution in [-0.2, 0) is 20.9 Å². The molecule has 0 aromatic carbocycles. The first-order valence-electron chi connectivity index (χ1n) is 7.33. The molecular formula is C14H24N4O4. The Morgan fingerprint density at radius 3 is 2.91 bits per heavy atom. The van der Waals surface area contributed by atoms with E-state index in [9.17, 15) is 4.79 Å². The number of hydrogen-bond donors (Lipinski definition) is 0. The lowest BCUT2D eigenvalue weighted by atomic mass is 10.2. The van der Waals surface area contributed by atoms with Gasteiger partial charge in [-0.15, -0.1) is 0 Å². The number of carbonyl (C=O) groups excluding carboxylic acids is 1. The summed E-state index contributed by atoms with van der Waals surface area (Å²) in [5, 5.41) is 3.66. The standard InChI is InChI=1S/C14H24N4O4/c1-10-15-13(22-16-10)8-21-9-14(19)18(3)6-11-5-12(20-4)7-17(11)2/h11-12H,5-9H2,1-4H3/t11-,12-/m0/s1. The third-order valence-corrected chi connectivity index (χ3v) is 3.91. The first kappa shape index (κ1) is 16.9. The van der Waals surface area contributed by atoms with Gasteiger partial charge in [-0.2, -0.15) is 4.98 Å². The number of nitrogens with zero attached hydrogens (tertiary/aromatic N) is 4. The van der Waals surface area contributed by atoms with Gasteiger partial charge in [-0.05, 0) is 20.4 Å². The molecule has 22 heavy (non-hydrogen) atoms. The molecule has 1 amide bonds. The normalized spacial score (nSPS) is 22.2. The molecule has 2 rings (SSSR count). The van der Waals surface area contributed by atoms with E-state index in [1.807, 2.05) is 0 Å². The summed E-state index contributed by atoms with van der Waals surface area (Å²) in [6.45, 7) is 3.45. The molecule has 0 bridgehead atoms. The van der Waals surface area contributed by atoms with E-state index in [1.165, 1.54) is 0 Å². The number of amides is 1. The molecule has 1 aliphatic rings. The minimum absolute atomic E-state index is 0.00205. The van der Waals surface area contributed by atoms with Crippen molar-refractivity contribution in [1.82, 2.24) is 19.9 Å². The van der Waals surface area contributed by atoms with Gasteiger partial charge < -0.3 is 18.9 Å². The Kier molecular flexibility index (Phi) is 5.87. The average Bonchev–Trinajstić information content (AvgIpc) is 3.05. The monoisotopic (exact) mass is 312 g/mol. The molecule has 0 radical (unpaired) electrons. The highest BCUT2D eigenvalue weighted by molar-refractivity contribution is 5.77. The maximum atomic E-state index is 12.1. The summed E-state index contributed by atoms with van der Waals surface area (Å²) < 4.78 is 15.6. The van der Waals surface area contributed by atoms with Gasteiger partial charge in [0.05, 0.1) is 6.10 Å². The van der Waals surface area contributed by atoms with Gasteiger partial charge >= 0.3 is 0 Å². The van der Waals surface area contributed by atoms with Gasteiger partial charge in [-0.1, -0.05) is 5.16 Å². The number of aryl methyl sites for hydroxylation is 1. The highest BCUT2D eigenvalue weighted by Gasteiger charge is 2.30. The zero-order valence-corrected chi connectivity index (χ0v) is 13.6. The van der Waals surface area contributed by atoms with Gasteiger partial charge in [0.25, 0.3) is 5.89 Å². The van der Waals surface area contributed by atoms with E-state index in [-0.39, 0.29) is 25.2 Å². The molecule has 1 saturated heterocycles. The Morgan fingerprint density at radius 2 is 2.32 bits per heavy atom. The van der Waals surface area contributed by atoms with E-state index in [0.717, 1.165) is 13.0 Å². The van der Waals surface area contributed by atoms with Crippen LogP contribution in [0.1, 0.15) is 18.1 Å². The number of ether oxygens (including phenoxy) is 2. The van der Waals surface area contributed by atoms with Crippen LogP contribution in [-0.4, -0.2) is 78.9 Å². The molecule has 1 aromatic rings. The molecule has 124 valence electrons. The Bertz CT molecular complexity index is 493. The molecule has 0 aliphatic carbocycles. The Balaban J connectivity index is 1.70. The first-order valence-corrected chi connectivity index (χ1v) is 7.33. The minimum Gasteiger partial charge on any atom is -0.380 e. The smallest absolute Gasteiger partial charge is 0.252 e. The fourth-order valence-corrected chi connectivity index (χ4v) is 2.57. The third kappa shape index (κ3) is 4.49. The molecule has 0 spiro atoms. The second-order valence-electron chi connectivity index (χ2n) is 5.69. The van der Waals surface area contributed by atoms with Gasteiger partial charge in [0.2, 0.25) is 5.91 Å². The van der Waals surface area contributed by atoms with Crippen LogP contribution < -0.4 is 0 Å². The Morgan fingerprint density at radius 1 is 1.55 bits per heavy atom. The second-order valence-corrected chi connectivity index (χ2v) is 5.69. The topological polar surface area (TPSA) is 80.9 Å². The molecule has 0 N–H and O–H groups in total. The molecule has 8 nitrogen and oxygen atoms in total. The highest BCUT2D eigenvalue weighted by Crippen LogP contribution is 2.18. The van der Waals surface area contributed by atoms with Crippen LogP contribution in [0.15, 0.2) is 4.52 Å². The van der Waals surface area contributed by atoms with Crippen molar-refractivity contribution in [2.24, 2.45) is 0 Å². The van der Waals surface area contributed by atoms with Crippen LogP contribution in [0, 0.1) is 6.92 Å². The average molecular weight is 312 g/mol. The van der Waals surface area contributed by atoms with Crippen molar-refractivity contribution < 1.29 is 18.8 Å². The molecule has 2 atom stereocenters. The van der Waals surface area contributed by atoms with Gasteiger partial charge in [0.1, 0.15) is 13.2 Å². The number of methoxy groups -OCH3 is 1. The summed E-state index contributed by atoms with van der Waals surface area (Å²) in [5.74, 6) is 0.871. The molecule has 1 aromatic heterocycles. The van der Waals surface area contributed by atoms with Crippen molar-refractivity contribution in [2.75, 3.05) is 40.9 Å². The molecule has 2 heterocycles. The van der Waals surface area contributed by atoms with Crippen molar-refractivity contribution in [1.29, 1.82) is 0 Å². The van der Waals surface area contributed by atoms with Gasteiger partial charge in [-0.25, -0.2) is 0 Å². The molecule has 1 fully saturated rings. The lowest BCUT2D eigenvalue weighted by molar-refractivity contribution is -0.136. The lowest BCUT2D eigenvalue weighted by Gasteiger charge is -2.25. The second kappa shape index (κ2) is 7.66. The summed E-state index contributed by atoms with van der Waals surface area (Å²) in [6, 6.07) is 0.317. The molecular weight excluding hydrogens is 288 g/mol. The number of likely N-dealkylation sites (tertiary alicyclic amines) is 1. The van der Waals surface area contributed by atoms with E-state index in [0.29, 0.717) is 24.3 Å². The number of aromatic nitrogens is 2. The maximum Gasteiger partial charge on any atom is 0.252 e. The summed E-state index contributed by atoms with van der Waals surface area (Å²) in [4.78, 5) is 20.0. The summed E-state index contributed by atoms with van der Waals surface area (Å²) >= 11 is 0. The van der Waals surface area contributed by atoms with E-state index in [1.54, 1.807) is 26.0 Å². The van der Waals surface area contributed by atoms with Crippen molar-refractivity contribution in [3.8, 4) is 0 Å². The van der Waals surface area contributed by atoms with Crippen molar-refractivity contribution in [2.45, 2.75) is 32.1 Å². The lowest BCUT2D eigenvalue weighted by Crippen LogP contribution is -2.40. The molecule has 0 saturated carbocycles. The van der Waals surface area contributed by atoms with Crippen LogP contribution in [0.4, 0.5) is 0 Å². The van der Waals surface area contributed by atoms with E-state index in [2.05, 4.69) is 22.1 Å². The SMILES string of the molecule is CO[C@H]1C[C@@H](CN(C)C(=O)COCc2nc(C)no2)N(C)C1. The van der Waals surface area contributed by atoms with Gasteiger partial charge in [-0.3, -0.25) is 9.69 Å². The van der Waals surface area contributed by atoms with Gasteiger partial charge in [0, 0.05) is 33.3 Å². The van der Waals surface area contributed by atoms with Crippen molar-refractivity contribution in [3.05, 3.63) is 11.7 Å². The number of carbonyl (C=O) groups is 1. The fourth-order valence-electron chi connectivity index (χ4n) is 2.57. The summed E-state index contributed by atoms with van der Waals surface area (Å²) in [6.07, 6.45) is 1.18. The number of hydrogen-bond acceptors (Lipinski definition) is 7. The number of likely N-dealkylation sites (N-methyl/N-ethyl adjacent to an activating group) is 2. The maximum absolute atomic E-state index is 12.1. The summed E-state index contributed by atoms with van der Waals surface area (Å²) in [7, 11) is 5.57. The van der Waals surface area contributed by atoms with Gasteiger partial charge in [0.15, 0.2) is 5.82 Å². The van der Waals surface area contributed by atoms with Crippen LogP contribution in [0.25, 0.3) is 0 Å². The van der Waals surface area contributed by atoms with Crippen molar-refractivity contribution in [3.63, 3.8) is 0 Å². The Hall–Kier alpha value is -1.51. The van der Waals surface area contributed by atoms with E-state index < -0.39 is 0 Å². The fraction of sp³-hybridized carbons (Fsp3) is 0.786. The molecule has 0 unspecified atom stereocenters. The zero-order valence-electron chi connectivity index (χ0n) is 13.6. The molecule has 1 aliphatic heterocycles.